The predicted molar refractivity (Wildman–Crippen MR) is 37.0 cm³/mol. The fourth-order valence-electron chi connectivity index (χ4n) is 0.342. The van der Waals surface area contributed by atoms with Gasteiger partial charge in [0.2, 0.25) is 0 Å². The van der Waals surface area contributed by atoms with Gasteiger partial charge < -0.3 is 0 Å². The summed E-state index contributed by atoms with van der Waals surface area (Å²) in [7, 11) is 9.71. The van der Waals surface area contributed by atoms with Crippen LogP contribution in [0.4, 0.5) is 0 Å². The zero-order valence-corrected chi connectivity index (χ0v) is 7.75. The number of halogens is 2. The van der Waals surface area contributed by atoms with Crippen molar-refractivity contribution in [3.8, 4) is 0 Å². The van der Waals surface area contributed by atoms with E-state index in [-0.39, 0.29) is 15.1 Å². The summed E-state index contributed by atoms with van der Waals surface area (Å²) in [6.45, 7) is 0. The second kappa shape index (κ2) is 8.42. The number of rotatable bonds is 0. The fraction of sp³-hybridized carbons (Fsp3) is 0. The van der Waals surface area contributed by atoms with Crippen LogP contribution in [0.1, 0.15) is 0 Å². The van der Waals surface area contributed by atoms with E-state index in [0.29, 0.717) is 0 Å². The topological polar surface area (TPSA) is 0 Å². The maximum absolute atomic E-state index is 4.85. The van der Waals surface area contributed by atoms with Crippen molar-refractivity contribution in [2.24, 2.45) is 0 Å². The summed E-state index contributed by atoms with van der Waals surface area (Å²) in [5, 5.41) is 0. The van der Waals surface area contributed by atoms with E-state index in [4.69, 9.17) is 19.4 Å². The summed E-state index contributed by atoms with van der Waals surface area (Å²) in [6.07, 6.45) is 0. The molecule has 0 heterocycles. The van der Waals surface area contributed by atoms with Crippen LogP contribution in [-0.2, 0) is 15.1 Å². The molecule has 0 bridgehead atoms. The minimum Gasteiger partial charge on any atom is -0.184 e. The van der Waals surface area contributed by atoms with Gasteiger partial charge in [0, 0.05) is 0 Å². The molecule has 0 saturated carbocycles. The third-order valence-corrected chi connectivity index (χ3v) is 0.607. The minimum absolute atomic E-state index is 0.346. The van der Waals surface area contributed by atoms with Crippen molar-refractivity contribution in [2.45, 2.75) is 0 Å². The average Bonchev–Trinajstić information content (AvgIpc) is 1.93. The van der Waals surface area contributed by atoms with E-state index < -0.39 is 0 Å². The zero-order chi connectivity index (χ0) is 6.95. The van der Waals surface area contributed by atoms with Crippen LogP contribution in [0.25, 0.3) is 0 Å². The SMILES string of the molecule is [Cl][Ru][Cl].[c-]1ccccc1. The van der Waals surface area contributed by atoms with E-state index in [2.05, 4.69) is 6.07 Å². The van der Waals surface area contributed by atoms with Gasteiger partial charge in [-0.05, 0) is 0 Å². The molecule has 0 fully saturated rings. The van der Waals surface area contributed by atoms with E-state index in [0.717, 1.165) is 0 Å². The first-order valence-electron chi connectivity index (χ1n) is 2.18. The van der Waals surface area contributed by atoms with Crippen LogP contribution in [0.3, 0.4) is 0 Å². The summed E-state index contributed by atoms with van der Waals surface area (Å²) in [5.74, 6) is 0. The Balaban J connectivity index is 0.000000187. The van der Waals surface area contributed by atoms with Gasteiger partial charge in [-0.25, -0.2) is 0 Å². The molecule has 1 aromatic rings. The predicted octanol–water partition coefficient (Wildman–Crippen LogP) is 2.86. The molecule has 0 atom stereocenters. The molecule has 9 heavy (non-hydrogen) atoms. The maximum Gasteiger partial charge on any atom is -0.171 e. The average molecular weight is 249 g/mol. The van der Waals surface area contributed by atoms with Gasteiger partial charge in [-0.1, -0.05) is 0 Å². The van der Waals surface area contributed by atoms with Crippen LogP contribution in [-0.4, -0.2) is 0 Å². The van der Waals surface area contributed by atoms with Gasteiger partial charge in [0.1, 0.15) is 0 Å². The summed E-state index contributed by atoms with van der Waals surface area (Å²) >= 11 is -0.346. The number of hydrogen-bond acceptors (Lipinski definition) is 0. The van der Waals surface area contributed by atoms with Crippen molar-refractivity contribution in [3.05, 3.63) is 36.4 Å². The van der Waals surface area contributed by atoms with E-state index in [1.807, 2.05) is 30.3 Å². The first-order valence-corrected chi connectivity index (χ1v) is 6.65. The molecule has 3 heteroatoms. The Morgan fingerprint density at radius 1 is 1.00 bits per heavy atom. The third-order valence-electron chi connectivity index (χ3n) is 0.607. The van der Waals surface area contributed by atoms with E-state index >= 15 is 0 Å². The monoisotopic (exact) mass is 249 g/mol. The van der Waals surface area contributed by atoms with Crippen LogP contribution in [0.2, 0.25) is 0 Å². The Labute approximate surface area is 70.9 Å². The van der Waals surface area contributed by atoms with Gasteiger partial charge in [0.05, 0.1) is 0 Å². The Bertz CT molecular complexity index is 93.9. The van der Waals surface area contributed by atoms with Crippen molar-refractivity contribution in [3.63, 3.8) is 0 Å². The molecule has 1 aromatic carbocycles. The molecule has 0 saturated heterocycles. The molecule has 0 aliphatic heterocycles. The molecule has 0 nitrogen and oxygen atoms in total. The number of hydrogen-bond donors (Lipinski definition) is 0. The van der Waals surface area contributed by atoms with Gasteiger partial charge in [0.25, 0.3) is 0 Å². The Morgan fingerprint density at radius 2 is 1.44 bits per heavy atom. The molecule has 0 radical (unpaired) electrons. The zero-order valence-electron chi connectivity index (χ0n) is 4.50. The fourth-order valence-corrected chi connectivity index (χ4v) is 0.342. The Morgan fingerprint density at radius 3 is 1.56 bits per heavy atom. The van der Waals surface area contributed by atoms with Crippen LogP contribution >= 0.6 is 19.4 Å². The summed E-state index contributed by atoms with van der Waals surface area (Å²) < 4.78 is 0. The molecule has 1 rings (SSSR count). The van der Waals surface area contributed by atoms with E-state index in [1.54, 1.807) is 0 Å². The molecule has 0 N–H and O–H groups in total. The Kier molecular flexibility index (Phi) is 8.82. The van der Waals surface area contributed by atoms with Crippen LogP contribution in [0.5, 0.6) is 0 Å². The van der Waals surface area contributed by atoms with Gasteiger partial charge in [-0.2, -0.15) is 36.4 Å². The first kappa shape index (κ1) is 9.42. The molecule has 0 aliphatic rings. The molecule has 52 valence electrons. The molecular formula is C6H5Cl2Ru-. The second-order valence-electron chi connectivity index (χ2n) is 1.13. The first-order chi connectivity index (χ1) is 4.41. The summed E-state index contributed by atoms with van der Waals surface area (Å²) in [5.41, 5.74) is 0. The van der Waals surface area contributed by atoms with Gasteiger partial charge in [0.15, 0.2) is 0 Å². The molecule has 0 aromatic heterocycles. The second-order valence-corrected chi connectivity index (χ2v) is 3.77. The molecule has 0 spiro atoms. The molecule has 0 unspecified atom stereocenters. The van der Waals surface area contributed by atoms with Gasteiger partial charge >= 0.3 is 34.5 Å². The molecule has 0 amide bonds. The molecular weight excluding hydrogens is 244 g/mol. The van der Waals surface area contributed by atoms with E-state index in [9.17, 15) is 0 Å². The normalized spacial score (nSPS) is 7.78. The standard InChI is InChI=1S/C6H5.2ClH.Ru/c1-2-4-6-5-3-1;;;/h1-5H;2*1H;/q-1;;;+2/p-2. The quantitative estimate of drug-likeness (QED) is 0.490. The summed E-state index contributed by atoms with van der Waals surface area (Å²) in [6, 6.07) is 12.5. The smallest absolute Gasteiger partial charge is 0.171 e. The minimum atomic E-state index is -0.346. The van der Waals surface area contributed by atoms with Crippen LogP contribution in [0, 0.1) is 6.07 Å². The number of benzene rings is 1. The van der Waals surface area contributed by atoms with Crippen molar-refractivity contribution >= 4 is 19.4 Å². The van der Waals surface area contributed by atoms with Crippen molar-refractivity contribution in [1.82, 2.24) is 0 Å². The van der Waals surface area contributed by atoms with Gasteiger partial charge in [-0.3, -0.25) is 0 Å². The largest absolute Gasteiger partial charge is 0.184 e. The van der Waals surface area contributed by atoms with E-state index in [1.165, 1.54) is 0 Å². The Hall–Kier alpha value is 0.423. The van der Waals surface area contributed by atoms with Crippen molar-refractivity contribution < 1.29 is 15.1 Å². The van der Waals surface area contributed by atoms with Crippen molar-refractivity contribution in [2.75, 3.05) is 0 Å². The van der Waals surface area contributed by atoms with Crippen molar-refractivity contribution in [1.29, 1.82) is 0 Å². The van der Waals surface area contributed by atoms with Crippen LogP contribution < -0.4 is 0 Å². The molecule has 0 aliphatic carbocycles. The maximum atomic E-state index is 4.85. The third kappa shape index (κ3) is 8.42. The summed E-state index contributed by atoms with van der Waals surface area (Å²) in [4.78, 5) is 0. The van der Waals surface area contributed by atoms with Crippen LogP contribution in [0.15, 0.2) is 30.3 Å². The van der Waals surface area contributed by atoms with Gasteiger partial charge in [-0.15, -0.1) is 0 Å².